The molecular formula is C16H27NO. The van der Waals surface area contributed by atoms with Crippen LogP contribution < -0.4 is 0 Å². The molecule has 0 atom stereocenters. The predicted octanol–water partition coefficient (Wildman–Crippen LogP) is 2.86. The summed E-state index contributed by atoms with van der Waals surface area (Å²) in [5.41, 5.74) is 4.89. The lowest BCUT2D eigenvalue weighted by molar-refractivity contribution is 0.0450. The molecule has 0 aliphatic carbocycles. The van der Waals surface area contributed by atoms with Crippen molar-refractivity contribution in [3.05, 3.63) is 34.4 Å². The minimum absolute atomic E-state index is 0.618. The molecule has 2 nitrogen and oxygen atoms in total. The molecule has 0 heterocycles. The van der Waals surface area contributed by atoms with Crippen molar-refractivity contribution in [2.75, 3.05) is 20.1 Å². The van der Waals surface area contributed by atoms with Gasteiger partial charge in [-0.3, -0.25) is 0 Å². The van der Waals surface area contributed by atoms with E-state index in [1.54, 1.807) is 0 Å². The van der Waals surface area contributed by atoms with Crippen LogP contribution in [0.1, 0.15) is 36.1 Å². The highest BCUT2D eigenvalue weighted by Gasteiger charge is 2.15. The molecule has 102 valence electrons. The predicted molar refractivity (Wildman–Crippen MR) is 78.2 cm³/mol. The van der Waals surface area contributed by atoms with Crippen LogP contribution in [0.15, 0.2) is 12.1 Å². The SMILES string of the molecule is Cc1cc(C)c(CCN(C)CC(C)(C)O)cc1C. The van der Waals surface area contributed by atoms with Crippen molar-refractivity contribution in [3.8, 4) is 0 Å². The van der Waals surface area contributed by atoms with Gasteiger partial charge in [-0.25, -0.2) is 0 Å². The molecule has 0 saturated carbocycles. The molecule has 0 spiro atoms. The first-order chi connectivity index (χ1) is 8.19. The Morgan fingerprint density at radius 2 is 1.61 bits per heavy atom. The monoisotopic (exact) mass is 249 g/mol. The second kappa shape index (κ2) is 5.85. The van der Waals surface area contributed by atoms with Crippen LogP contribution in [-0.2, 0) is 6.42 Å². The molecule has 1 aromatic carbocycles. The third-order valence-corrected chi connectivity index (χ3v) is 3.37. The highest BCUT2D eigenvalue weighted by Crippen LogP contribution is 2.16. The van der Waals surface area contributed by atoms with Crippen molar-refractivity contribution < 1.29 is 5.11 Å². The van der Waals surface area contributed by atoms with Gasteiger partial charge >= 0.3 is 0 Å². The lowest BCUT2D eigenvalue weighted by atomic mass is 9.98. The summed E-state index contributed by atoms with van der Waals surface area (Å²) in [6.45, 7) is 11.9. The fourth-order valence-electron chi connectivity index (χ4n) is 2.34. The molecule has 2 heteroatoms. The number of hydrogen-bond acceptors (Lipinski definition) is 2. The fraction of sp³-hybridized carbons (Fsp3) is 0.625. The van der Waals surface area contributed by atoms with Crippen molar-refractivity contribution in [3.63, 3.8) is 0 Å². The van der Waals surface area contributed by atoms with Gasteiger partial charge in [0.15, 0.2) is 0 Å². The minimum Gasteiger partial charge on any atom is -0.389 e. The summed E-state index contributed by atoms with van der Waals surface area (Å²) < 4.78 is 0. The Kier molecular flexibility index (Phi) is 4.94. The Hall–Kier alpha value is -0.860. The van der Waals surface area contributed by atoms with Crippen LogP contribution in [0.2, 0.25) is 0 Å². The van der Waals surface area contributed by atoms with E-state index in [2.05, 4.69) is 44.9 Å². The summed E-state index contributed by atoms with van der Waals surface area (Å²) in [5.74, 6) is 0. The quantitative estimate of drug-likeness (QED) is 0.867. The van der Waals surface area contributed by atoms with E-state index in [0.717, 1.165) is 13.0 Å². The Morgan fingerprint density at radius 3 is 2.17 bits per heavy atom. The second-order valence-corrected chi connectivity index (χ2v) is 6.16. The number of hydrogen-bond donors (Lipinski definition) is 1. The maximum absolute atomic E-state index is 9.78. The fourth-order valence-corrected chi connectivity index (χ4v) is 2.34. The first-order valence-corrected chi connectivity index (χ1v) is 6.67. The molecule has 0 fully saturated rings. The Balaban J connectivity index is 2.61. The number of aryl methyl sites for hydroxylation is 3. The minimum atomic E-state index is -0.618. The maximum atomic E-state index is 9.78. The van der Waals surface area contributed by atoms with Crippen LogP contribution in [0.25, 0.3) is 0 Å². The molecule has 1 rings (SSSR count). The van der Waals surface area contributed by atoms with E-state index in [1.165, 1.54) is 22.3 Å². The van der Waals surface area contributed by atoms with Crippen LogP contribution in [0.4, 0.5) is 0 Å². The van der Waals surface area contributed by atoms with Gasteiger partial charge in [-0.05, 0) is 70.3 Å². The third-order valence-electron chi connectivity index (χ3n) is 3.37. The number of aliphatic hydroxyl groups is 1. The van der Waals surface area contributed by atoms with Gasteiger partial charge in [0.1, 0.15) is 0 Å². The summed E-state index contributed by atoms with van der Waals surface area (Å²) in [6, 6.07) is 4.56. The zero-order valence-electron chi connectivity index (χ0n) is 12.7. The molecular weight excluding hydrogens is 222 g/mol. The molecule has 0 amide bonds. The first kappa shape index (κ1) is 15.2. The smallest absolute Gasteiger partial charge is 0.0718 e. The Morgan fingerprint density at radius 1 is 1.06 bits per heavy atom. The zero-order chi connectivity index (χ0) is 13.9. The number of benzene rings is 1. The van der Waals surface area contributed by atoms with Gasteiger partial charge in [0.25, 0.3) is 0 Å². The van der Waals surface area contributed by atoms with Crippen molar-refractivity contribution in [1.82, 2.24) is 4.90 Å². The van der Waals surface area contributed by atoms with Gasteiger partial charge in [0.05, 0.1) is 5.60 Å². The van der Waals surface area contributed by atoms with Crippen molar-refractivity contribution >= 4 is 0 Å². The van der Waals surface area contributed by atoms with Gasteiger partial charge in [0, 0.05) is 13.1 Å². The highest BCUT2D eigenvalue weighted by molar-refractivity contribution is 5.36. The van der Waals surface area contributed by atoms with Gasteiger partial charge in [-0.1, -0.05) is 12.1 Å². The summed E-state index contributed by atoms with van der Waals surface area (Å²) in [7, 11) is 2.06. The molecule has 0 aliphatic rings. The number of likely N-dealkylation sites (N-methyl/N-ethyl adjacent to an activating group) is 1. The molecule has 1 aromatic rings. The Labute approximate surface area is 112 Å². The molecule has 1 N–H and O–H groups in total. The van der Waals surface area contributed by atoms with Gasteiger partial charge in [-0.15, -0.1) is 0 Å². The zero-order valence-corrected chi connectivity index (χ0v) is 12.7. The van der Waals surface area contributed by atoms with E-state index in [0.29, 0.717) is 6.54 Å². The highest BCUT2D eigenvalue weighted by atomic mass is 16.3. The average molecular weight is 249 g/mol. The van der Waals surface area contributed by atoms with Crippen LogP contribution >= 0.6 is 0 Å². The van der Waals surface area contributed by atoms with Crippen molar-refractivity contribution in [2.45, 2.75) is 46.6 Å². The summed E-state index contributed by atoms with van der Waals surface area (Å²) in [6.07, 6.45) is 1.04. The third kappa shape index (κ3) is 4.79. The van der Waals surface area contributed by atoms with Gasteiger partial charge < -0.3 is 10.0 Å². The van der Waals surface area contributed by atoms with E-state index >= 15 is 0 Å². The van der Waals surface area contributed by atoms with Crippen LogP contribution in [0.5, 0.6) is 0 Å². The molecule has 0 saturated heterocycles. The van der Waals surface area contributed by atoms with E-state index < -0.39 is 5.60 Å². The number of rotatable bonds is 5. The summed E-state index contributed by atoms with van der Waals surface area (Å²) >= 11 is 0. The summed E-state index contributed by atoms with van der Waals surface area (Å²) in [4.78, 5) is 2.19. The van der Waals surface area contributed by atoms with E-state index in [4.69, 9.17) is 0 Å². The van der Waals surface area contributed by atoms with Crippen LogP contribution in [-0.4, -0.2) is 35.7 Å². The molecule has 0 bridgehead atoms. The molecule has 0 radical (unpaired) electrons. The summed E-state index contributed by atoms with van der Waals surface area (Å²) in [5, 5.41) is 9.78. The topological polar surface area (TPSA) is 23.5 Å². The van der Waals surface area contributed by atoms with Gasteiger partial charge in [-0.2, -0.15) is 0 Å². The van der Waals surface area contributed by atoms with Crippen molar-refractivity contribution in [1.29, 1.82) is 0 Å². The first-order valence-electron chi connectivity index (χ1n) is 6.67. The van der Waals surface area contributed by atoms with Crippen LogP contribution in [0.3, 0.4) is 0 Å². The normalized spacial score (nSPS) is 12.2. The lowest BCUT2D eigenvalue weighted by Gasteiger charge is -2.25. The van der Waals surface area contributed by atoms with Crippen molar-refractivity contribution in [2.24, 2.45) is 0 Å². The van der Waals surface area contributed by atoms with E-state index in [-0.39, 0.29) is 0 Å². The van der Waals surface area contributed by atoms with Crippen LogP contribution in [0, 0.1) is 20.8 Å². The molecule has 0 aliphatic heterocycles. The molecule has 18 heavy (non-hydrogen) atoms. The standard InChI is InChI=1S/C16H27NO/c1-12-9-14(3)15(10-13(12)2)7-8-17(6)11-16(4,5)18/h9-10,18H,7-8,11H2,1-6H3. The Bertz CT molecular complexity index is 404. The maximum Gasteiger partial charge on any atom is 0.0718 e. The average Bonchev–Trinajstić information content (AvgIpc) is 2.19. The van der Waals surface area contributed by atoms with E-state index in [1.807, 2.05) is 13.8 Å². The second-order valence-electron chi connectivity index (χ2n) is 6.16. The largest absolute Gasteiger partial charge is 0.389 e. The molecule has 0 aromatic heterocycles. The molecule has 0 unspecified atom stereocenters. The number of nitrogens with zero attached hydrogens (tertiary/aromatic N) is 1. The lowest BCUT2D eigenvalue weighted by Crippen LogP contribution is -2.37. The van der Waals surface area contributed by atoms with Gasteiger partial charge in [0.2, 0.25) is 0 Å². The van der Waals surface area contributed by atoms with E-state index in [9.17, 15) is 5.11 Å².